The average molecular weight is 558 g/mol. The molecule has 2 amide bonds. The molecular formula is C32H39N5O4. The van der Waals surface area contributed by atoms with Gasteiger partial charge in [0, 0.05) is 69.2 Å². The summed E-state index contributed by atoms with van der Waals surface area (Å²) in [5.41, 5.74) is 4.39. The first-order valence-corrected chi connectivity index (χ1v) is 14.9. The number of piperidine rings is 1. The molecule has 3 saturated heterocycles. The molecule has 0 saturated carbocycles. The lowest BCUT2D eigenvalue weighted by Gasteiger charge is -2.38. The Hall–Kier alpha value is -3.85. The number of benzene rings is 2. The Bertz CT molecular complexity index is 1290. The Kier molecular flexibility index (Phi) is 8.51. The van der Waals surface area contributed by atoms with Gasteiger partial charge in [0.1, 0.15) is 12.8 Å². The Morgan fingerprint density at radius 2 is 1.56 bits per heavy atom. The third-order valence-corrected chi connectivity index (χ3v) is 8.52. The van der Waals surface area contributed by atoms with E-state index in [0.717, 1.165) is 62.1 Å². The zero-order valence-corrected chi connectivity index (χ0v) is 23.6. The standard InChI is InChI=1S/C32H39N5O4/c38-31(35-17-19-36(20-18-35)32(39)41-24-25-6-2-1-3-7-25)27-13-15-34(16-14-27)29-11-9-26(10-12-29)28-22-33-37(23-28)30-8-4-5-21-40-30/h1-3,6-7,9-12,22-23,27,30H,4-5,8,13-21,24H2. The van der Waals surface area contributed by atoms with Crippen molar-refractivity contribution in [3.63, 3.8) is 0 Å². The van der Waals surface area contributed by atoms with Crippen LogP contribution in [0.15, 0.2) is 67.0 Å². The third-order valence-electron chi connectivity index (χ3n) is 8.52. The first-order chi connectivity index (χ1) is 20.1. The summed E-state index contributed by atoms with van der Waals surface area (Å²) < 4.78 is 13.3. The maximum Gasteiger partial charge on any atom is 0.410 e. The fourth-order valence-electron chi connectivity index (χ4n) is 6.00. The van der Waals surface area contributed by atoms with Gasteiger partial charge in [-0.3, -0.25) is 4.79 Å². The summed E-state index contributed by atoms with van der Waals surface area (Å²) in [6, 6.07) is 18.3. The van der Waals surface area contributed by atoms with Gasteiger partial charge in [-0.05, 0) is 55.4 Å². The molecule has 0 spiro atoms. The van der Waals surface area contributed by atoms with Gasteiger partial charge in [0.05, 0.1) is 6.20 Å². The molecule has 0 aliphatic carbocycles. The van der Waals surface area contributed by atoms with Crippen LogP contribution in [0.3, 0.4) is 0 Å². The lowest BCUT2D eigenvalue weighted by Crippen LogP contribution is -2.53. The van der Waals surface area contributed by atoms with E-state index in [-0.39, 0.29) is 30.8 Å². The number of nitrogens with zero attached hydrogens (tertiary/aromatic N) is 5. The summed E-state index contributed by atoms with van der Waals surface area (Å²) in [6.45, 7) is 4.93. The average Bonchev–Trinajstić information content (AvgIpc) is 3.55. The van der Waals surface area contributed by atoms with Crippen LogP contribution in [0.25, 0.3) is 11.1 Å². The van der Waals surface area contributed by atoms with E-state index in [1.165, 1.54) is 12.1 Å². The zero-order chi connectivity index (χ0) is 28.0. The van der Waals surface area contributed by atoms with Crippen molar-refractivity contribution < 1.29 is 19.1 Å². The first kappa shape index (κ1) is 27.3. The summed E-state index contributed by atoms with van der Waals surface area (Å²) in [4.78, 5) is 31.7. The molecule has 4 heterocycles. The third kappa shape index (κ3) is 6.56. The number of piperazine rings is 1. The second-order valence-corrected chi connectivity index (χ2v) is 11.2. The number of carbonyl (C=O) groups is 2. The maximum absolute atomic E-state index is 13.3. The lowest BCUT2D eigenvalue weighted by molar-refractivity contribution is -0.137. The molecule has 9 nitrogen and oxygen atoms in total. The Labute approximate surface area is 241 Å². The van der Waals surface area contributed by atoms with Crippen molar-refractivity contribution in [3.05, 3.63) is 72.6 Å². The summed E-state index contributed by atoms with van der Waals surface area (Å²) in [5.74, 6) is 0.256. The van der Waals surface area contributed by atoms with Crippen LogP contribution < -0.4 is 4.90 Å². The highest BCUT2D eigenvalue weighted by atomic mass is 16.6. The van der Waals surface area contributed by atoms with Gasteiger partial charge < -0.3 is 24.2 Å². The van der Waals surface area contributed by atoms with Gasteiger partial charge in [-0.25, -0.2) is 9.48 Å². The van der Waals surface area contributed by atoms with Gasteiger partial charge in [0.15, 0.2) is 0 Å². The van der Waals surface area contributed by atoms with E-state index in [0.29, 0.717) is 26.2 Å². The van der Waals surface area contributed by atoms with Crippen LogP contribution in [0, 0.1) is 5.92 Å². The smallest absolute Gasteiger partial charge is 0.410 e. The molecule has 1 unspecified atom stereocenters. The van der Waals surface area contributed by atoms with Crippen LogP contribution in [-0.4, -0.2) is 77.5 Å². The topological polar surface area (TPSA) is 80.1 Å². The van der Waals surface area contributed by atoms with E-state index in [9.17, 15) is 9.59 Å². The largest absolute Gasteiger partial charge is 0.445 e. The van der Waals surface area contributed by atoms with Crippen molar-refractivity contribution in [3.8, 4) is 11.1 Å². The fourth-order valence-corrected chi connectivity index (χ4v) is 6.00. The lowest BCUT2D eigenvalue weighted by atomic mass is 9.94. The predicted molar refractivity (Wildman–Crippen MR) is 156 cm³/mol. The van der Waals surface area contributed by atoms with E-state index in [4.69, 9.17) is 9.47 Å². The molecule has 216 valence electrons. The number of hydrogen-bond acceptors (Lipinski definition) is 6. The van der Waals surface area contributed by atoms with Gasteiger partial charge in [0.25, 0.3) is 0 Å². The number of aromatic nitrogens is 2. The van der Waals surface area contributed by atoms with Crippen LogP contribution in [0.4, 0.5) is 10.5 Å². The van der Waals surface area contributed by atoms with Gasteiger partial charge in [-0.1, -0.05) is 42.5 Å². The van der Waals surface area contributed by atoms with Crippen molar-refractivity contribution >= 4 is 17.7 Å². The summed E-state index contributed by atoms with van der Waals surface area (Å²) in [6.07, 6.45) is 8.73. The van der Waals surface area contributed by atoms with E-state index >= 15 is 0 Å². The molecule has 3 aromatic rings. The van der Waals surface area contributed by atoms with Crippen molar-refractivity contribution in [2.75, 3.05) is 50.8 Å². The molecule has 0 bridgehead atoms. The molecular weight excluding hydrogens is 518 g/mol. The van der Waals surface area contributed by atoms with Gasteiger partial charge in [0.2, 0.25) is 5.91 Å². The van der Waals surface area contributed by atoms with Crippen LogP contribution in [0.2, 0.25) is 0 Å². The maximum atomic E-state index is 13.3. The first-order valence-electron chi connectivity index (χ1n) is 14.9. The Morgan fingerprint density at radius 3 is 2.27 bits per heavy atom. The monoisotopic (exact) mass is 557 g/mol. The molecule has 41 heavy (non-hydrogen) atoms. The highest BCUT2D eigenvalue weighted by Crippen LogP contribution is 2.29. The molecule has 0 N–H and O–H groups in total. The second-order valence-electron chi connectivity index (χ2n) is 11.2. The molecule has 1 atom stereocenters. The quantitative estimate of drug-likeness (QED) is 0.427. The van der Waals surface area contributed by atoms with E-state index < -0.39 is 0 Å². The van der Waals surface area contributed by atoms with Crippen LogP contribution in [0.5, 0.6) is 0 Å². The Balaban J connectivity index is 0.947. The highest BCUT2D eigenvalue weighted by molar-refractivity contribution is 5.79. The van der Waals surface area contributed by atoms with Crippen molar-refractivity contribution in [2.24, 2.45) is 5.92 Å². The van der Waals surface area contributed by atoms with Crippen LogP contribution >= 0.6 is 0 Å². The highest BCUT2D eigenvalue weighted by Gasteiger charge is 2.32. The molecule has 2 aromatic carbocycles. The van der Waals surface area contributed by atoms with Crippen LogP contribution in [-0.2, 0) is 20.9 Å². The van der Waals surface area contributed by atoms with Crippen molar-refractivity contribution in [2.45, 2.75) is 44.9 Å². The summed E-state index contributed by atoms with van der Waals surface area (Å²) in [7, 11) is 0. The number of rotatable bonds is 6. The molecule has 0 radical (unpaired) electrons. The van der Waals surface area contributed by atoms with E-state index in [1.807, 2.05) is 46.1 Å². The second kappa shape index (κ2) is 12.8. The molecule has 6 rings (SSSR count). The van der Waals surface area contributed by atoms with E-state index in [2.05, 4.69) is 40.5 Å². The van der Waals surface area contributed by atoms with Crippen molar-refractivity contribution in [1.29, 1.82) is 0 Å². The normalized spacial score (nSPS) is 20.2. The van der Waals surface area contributed by atoms with Crippen LogP contribution in [0.1, 0.15) is 43.9 Å². The molecule has 3 aliphatic heterocycles. The molecule has 9 heteroatoms. The predicted octanol–water partition coefficient (Wildman–Crippen LogP) is 4.95. The number of ether oxygens (including phenoxy) is 2. The minimum atomic E-state index is -0.313. The Morgan fingerprint density at radius 1 is 0.829 bits per heavy atom. The van der Waals surface area contributed by atoms with E-state index in [1.54, 1.807) is 4.90 Å². The number of hydrogen-bond donors (Lipinski definition) is 0. The zero-order valence-electron chi connectivity index (χ0n) is 23.6. The number of anilines is 1. The SMILES string of the molecule is O=C(OCc1ccccc1)N1CCN(C(=O)C2CCN(c3ccc(-c4cnn(C5CCCCO5)c4)cc3)CC2)CC1. The summed E-state index contributed by atoms with van der Waals surface area (Å²) >= 11 is 0. The molecule has 3 aliphatic rings. The van der Waals surface area contributed by atoms with Gasteiger partial charge >= 0.3 is 6.09 Å². The number of carbonyl (C=O) groups excluding carboxylic acids is 2. The minimum Gasteiger partial charge on any atom is -0.445 e. The van der Waals surface area contributed by atoms with Gasteiger partial charge in [-0.2, -0.15) is 5.10 Å². The van der Waals surface area contributed by atoms with Crippen molar-refractivity contribution in [1.82, 2.24) is 19.6 Å². The fraction of sp³-hybridized carbons (Fsp3) is 0.469. The summed E-state index contributed by atoms with van der Waals surface area (Å²) in [5, 5.41) is 4.54. The minimum absolute atomic E-state index is 0.0370. The number of amides is 2. The molecule has 1 aromatic heterocycles. The molecule has 3 fully saturated rings. The van der Waals surface area contributed by atoms with Gasteiger partial charge in [-0.15, -0.1) is 0 Å².